The second kappa shape index (κ2) is 6.44. The normalized spacial score (nSPS) is 11.0. The lowest BCUT2D eigenvalue weighted by Gasteiger charge is -2.06. The van der Waals surface area contributed by atoms with Crippen molar-refractivity contribution in [2.24, 2.45) is 0 Å². The van der Waals surface area contributed by atoms with Crippen molar-refractivity contribution >= 4 is 22.3 Å². The molecule has 0 unspecified atom stereocenters. The average molecular weight is 351 g/mol. The standard InChI is InChI=1S/C15H11F2N3O3S/c1-2-11-19-20-12(21)6-8(18-15(20)24-11)7-23-14(22)13-9(16)4-3-5-10(13)17/h3-6H,2,7H2,1H3. The first-order chi connectivity index (χ1) is 11.5. The highest BCUT2D eigenvalue weighted by Gasteiger charge is 2.19. The van der Waals surface area contributed by atoms with Crippen LogP contribution in [0.1, 0.15) is 28.0 Å². The number of hydrogen-bond acceptors (Lipinski definition) is 6. The Morgan fingerprint density at radius 1 is 1.33 bits per heavy atom. The third kappa shape index (κ3) is 3.02. The number of carbonyl (C=O) groups excluding carboxylic acids is 1. The molecule has 9 heteroatoms. The van der Waals surface area contributed by atoms with Gasteiger partial charge in [0.05, 0.1) is 5.69 Å². The molecule has 3 rings (SSSR count). The van der Waals surface area contributed by atoms with Crippen LogP contribution in [0.2, 0.25) is 0 Å². The zero-order valence-corrected chi connectivity index (χ0v) is 13.3. The highest BCUT2D eigenvalue weighted by molar-refractivity contribution is 7.16. The van der Waals surface area contributed by atoms with Crippen LogP contribution in [0.3, 0.4) is 0 Å². The summed E-state index contributed by atoms with van der Waals surface area (Å²) < 4.78 is 33.1. The monoisotopic (exact) mass is 351 g/mol. The first-order valence-electron chi connectivity index (χ1n) is 6.99. The molecule has 3 aromatic rings. The molecular weight excluding hydrogens is 340 g/mol. The van der Waals surface area contributed by atoms with Gasteiger partial charge in [0.25, 0.3) is 5.56 Å². The zero-order chi connectivity index (χ0) is 17.3. The molecule has 1 aromatic carbocycles. The minimum atomic E-state index is -1.16. The van der Waals surface area contributed by atoms with E-state index in [0.29, 0.717) is 11.4 Å². The number of halogens is 2. The first kappa shape index (κ1) is 16.2. The maximum absolute atomic E-state index is 13.5. The molecule has 2 heterocycles. The van der Waals surface area contributed by atoms with Crippen molar-refractivity contribution in [2.45, 2.75) is 20.0 Å². The van der Waals surface area contributed by atoms with Crippen LogP contribution in [0.5, 0.6) is 0 Å². The van der Waals surface area contributed by atoms with Crippen LogP contribution >= 0.6 is 11.3 Å². The van der Waals surface area contributed by atoms with E-state index in [1.807, 2.05) is 6.92 Å². The topological polar surface area (TPSA) is 73.6 Å². The summed E-state index contributed by atoms with van der Waals surface area (Å²) in [5.41, 5.74) is -1.02. The number of rotatable bonds is 4. The fourth-order valence-electron chi connectivity index (χ4n) is 2.02. The summed E-state index contributed by atoms with van der Waals surface area (Å²) in [6.07, 6.45) is 0.657. The van der Waals surface area contributed by atoms with Crippen molar-refractivity contribution < 1.29 is 18.3 Å². The molecule has 0 bridgehead atoms. The van der Waals surface area contributed by atoms with Gasteiger partial charge in [-0.15, -0.1) is 0 Å². The van der Waals surface area contributed by atoms with Gasteiger partial charge in [0.15, 0.2) is 0 Å². The number of esters is 1. The van der Waals surface area contributed by atoms with Crippen LogP contribution < -0.4 is 5.56 Å². The van der Waals surface area contributed by atoms with Crippen LogP contribution in [0.15, 0.2) is 29.1 Å². The molecule has 0 atom stereocenters. The summed E-state index contributed by atoms with van der Waals surface area (Å²) >= 11 is 1.24. The lowest BCUT2D eigenvalue weighted by molar-refractivity contribution is 0.0456. The van der Waals surface area contributed by atoms with E-state index in [-0.39, 0.29) is 12.3 Å². The second-order valence-electron chi connectivity index (χ2n) is 4.80. The molecule has 0 amide bonds. The Hall–Kier alpha value is -2.68. The predicted octanol–water partition coefficient (Wildman–Crippen LogP) is 2.35. The number of hydrogen-bond donors (Lipinski definition) is 0. The molecule has 0 aliphatic carbocycles. The molecule has 0 N–H and O–H groups in total. The summed E-state index contributed by atoms with van der Waals surface area (Å²) in [6.45, 7) is 1.52. The number of fused-ring (bicyclic) bond motifs is 1. The van der Waals surface area contributed by atoms with Crippen molar-refractivity contribution in [1.29, 1.82) is 0 Å². The molecule has 0 aliphatic heterocycles. The lowest BCUT2D eigenvalue weighted by atomic mass is 10.2. The summed E-state index contributed by atoms with van der Waals surface area (Å²) in [4.78, 5) is 28.3. The van der Waals surface area contributed by atoms with Crippen molar-refractivity contribution in [3.05, 3.63) is 62.5 Å². The Morgan fingerprint density at radius 2 is 2.04 bits per heavy atom. The molecule has 0 aliphatic rings. The molecule has 0 spiro atoms. The highest BCUT2D eigenvalue weighted by Crippen LogP contribution is 2.15. The quantitative estimate of drug-likeness (QED) is 0.675. The van der Waals surface area contributed by atoms with Gasteiger partial charge in [-0.05, 0) is 18.6 Å². The van der Waals surface area contributed by atoms with Gasteiger partial charge in [-0.3, -0.25) is 4.79 Å². The van der Waals surface area contributed by atoms with Crippen LogP contribution in [0.25, 0.3) is 4.96 Å². The summed E-state index contributed by atoms with van der Waals surface area (Å²) in [7, 11) is 0. The van der Waals surface area contributed by atoms with Gasteiger partial charge in [-0.1, -0.05) is 24.3 Å². The van der Waals surface area contributed by atoms with E-state index in [0.717, 1.165) is 33.8 Å². The largest absolute Gasteiger partial charge is 0.455 e. The van der Waals surface area contributed by atoms with Gasteiger partial charge >= 0.3 is 5.97 Å². The second-order valence-corrected chi connectivity index (χ2v) is 5.84. The molecule has 6 nitrogen and oxygen atoms in total. The van der Waals surface area contributed by atoms with Crippen molar-refractivity contribution in [1.82, 2.24) is 14.6 Å². The zero-order valence-electron chi connectivity index (χ0n) is 12.5. The first-order valence-corrected chi connectivity index (χ1v) is 7.81. The van der Waals surface area contributed by atoms with E-state index in [9.17, 15) is 18.4 Å². The smallest absolute Gasteiger partial charge is 0.344 e. The maximum Gasteiger partial charge on any atom is 0.344 e. The number of benzene rings is 1. The highest BCUT2D eigenvalue weighted by atomic mass is 32.1. The fourth-order valence-corrected chi connectivity index (χ4v) is 2.87. The van der Waals surface area contributed by atoms with Gasteiger partial charge in [0, 0.05) is 6.07 Å². The fraction of sp³-hybridized carbons (Fsp3) is 0.200. The number of aromatic nitrogens is 3. The Bertz CT molecular complexity index is 963. The molecule has 2 aromatic heterocycles. The minimum Gasteiger partial charge on any atom is -0.455 e. The van der Waals surface area contributed by atoms with E-state index in [4.69, 9.17) is 4.74 Å². The van der Waals surface area contributed by atoms with Gasteiger partial charge < -0.3 is 4.74 Å². The third-order valence-electron chi connectivity index (χ3n) is 3.16. The number of ether oxygens (including phenoxy) is 1. The van der Waals surface area contributed by atoms with Gasteiger partial charge in [-0.25, -0.2) is 18.6 Å². The molecule has 0 radical (unpaired) electrons. The number of carbonyl (C=O) groups is 1. The summed E-state index contributed by atoms with van der Waals surface area (Å²) in [6, 6.07) is 4.23. The Morgan fingerprint density at radius 3 is 2.71 bits per heavy atom. The third-order valence-corrected chi connectivity index (χ3v) is 4.21. The minimum absolute atomic E-state index is 0.177. The van der Waals surface area contributed by atoms with E-state index < -0.39 is 28.7 Å². The molecule has 124 valence electrons. The molecule has 0 saturated carbocycles. The molecule has 0 saturated heterocycles. The Kier molecular flexibility index (Phi) is 4.34. The lowest BCUT2D eigenvalue weighted by Crippen LogP contribution is -2.17. The van der Waals surface area contributed by atoms with Crippen LogP contribution in [-0.2, 0) is 17.8 Å². The van der Waals surface area contributed by atoms with Crippen molar-refractivity contribution in [2.75, 3.05) is 0 Å². The molecular formula is C15H11F2N3O3S. The number of nitrogens with zero attached hydrogens (tertiary/aromatic N) is 3. The average Bonchev–Trinajstić information content (AvgIpc) is 2.96. The Labute approximate surface area is 138 Å². The van der Waals surface area contributed by atoms with Gasteiger partial charge in [0.2, 0.25) is 4.96 Å². The number of aryl methyl sites for hydroxylation is 1. The van der Waals surface area contributed by atoms with Crippen molar-refractivity contribution in [3.63, 3.8) is 0 Å². The molecule has 24 heavy (non-hydrogen) atoms. The van der Waals surface area contributed by atoms with E-state index in [1.165, 1.54) is 11.3 Å². The summed E-state index contributed by atoms with van der Waals surface area (Å²) in [5.74, 6) is -3.19. The van der Waals surface area contributed by atoms with Crippen LogP contribution in [-0.4, -0.2) is 20.6 Å². The predicted molar refractivity (Wildman–Crippen MR) is 82.0 cm³/mol. The van der Waals surface area contributed by atoms with Gasteiger partial charge in [0.1, 0.15) is 28.8 Å². The van der Waals surface area contributed by atoms with E-state index >= 15 is 0 Å². The maximum atomic E-state index is 13.5. The Balaban J connectivity index is 1.83. The van der Waals surface area contributed by atoms with Crippen LogP contribution in [0.4, 0.5) is 8.78 Å². The van der Waals surface area contributed by atoms with Crippen LogP contribution in [0, 0.1) is 11.6 Å². The van der Waals surface area contributed by atoms with Gasteiger partial charge in [-0.2, -0.15) is 9.61 Å². The van der Waals surface area contributed by atoms with E-state index in [1.54, 1.807) is 0 Å². The van der Waals surface area contributed by atoms with Crippen molar-refractivity contribution in [3.8, 4) is 0 Å². The SMILES string of the molecule is CCc1nn2c(=O)cc(COC(=O)c3c(F)cccc3F)nc2s1. The summed E-state index contributed by atoms with van der Waals surface area (Å²) in [5, 5.41) is 4.83. The van der Waals surface area contributed by atoms with E-state index in [2.05, 4.69) is 10.1 Å². The molecule has 0 fully saturated rings.